The predicted octanol–water partition coefficient (Wildman–Crippen LogP) is 1.19. The fourth-order valence-corrected chi connectivity index (χ4v) is 2.14. The maximum Gasteiger partial charge on any atom is 0.343 e. The third kappa shape index (κ3) is 1.95. The molecule has 0 atom stereocenters. The summed E-state index contributed by atoms with van der Waals surface area (Å²) in [7, 11) is 1.52. The van der Waals surface area contributed by atoms with Crippen LogP contribution in [0.25, 0.3) is 11.3 Å². The molecule has 0 amide bonds. The summed E-state index contributed by atoms with van der Waals surface area (Å²) in [6.45, 7) is 0. The number of aromatic nitrogens is 3. The highest BCUT2D eigenvalue weighted by atomic mass is 16.5. The van der Waals surface area contributed by atoms with Crippen molar-refractivity contribution in [1.29, 1.82) is 0 Å². The molecule has 0 spiro atoms. The molecule has 106 valence electrons. The summed E-state index contributed by atoms with van der Waals surface area (Å²) in [6, 6.07) is 8.74. The van der Waals surface area contributed by atoms with Crippen molar-refractivity contribution in [2.24, 2.45) is 0 Å². The Kier molecular flexibility index (Phi) is 2.94. The molecule has 0 saturated heterocycles. The lowest BCUT2D eigenvalue weighted by molar-refractivity contribution is 0.0694. The van der Waals surface area contributed by atoms with Crippen molar-refractivity contribution in [1.82, 2.24) is 14.2 Å². The van der Waals surface area contributed by atoms with Gasteiger partial charge in [-0.3, -0.25) is 4.79 Å². The maximum atomic E-state index is 12.3. The van der Waals surface area contributed by atoms with Crippen LogP contribution in [-0.4, -0.2) is 32.4 Å². The van der Waals surface area contributed by atoms with Gasteiger partial charge in [0, 0.05) is 18.5 Å². The van der Waals surface area contributed by atoms with Crippen LogP contribution in [0.15, 0.2) is 47.5 Å². The Morgan fingerprint density at radius 2 is 2.05 bits per heavy atom. The Bertz CT molecular complexity index is 895. The van der Waals surface area contributed by atoms with Gasteiger partial charge >= 0.3 is 5.97 Å². The molecule has 2 aromatic heterocycles. The van der Waals surface area contributed by atoms with Crippen LogP contribution in [0.1, 0.15) is 10.4 Å². The van der Waals surface area contributed by atoms with E-state index >= 15 is 0 Å². The molecule has 7 heteroatoms. The van der Waals surface area contributed by atoms with Crippen molar-refractivity contribution in [3.8, 4) is 11.4 Å². The van der Waals surface area contributed by atoms with Gasteiger partial charge in [-0.25, -0.2) is 14.5 Å². The fourth-order valence-electron chi connectivity index (χ4n) is 2.14. The van der Waals surface area contributed by atoms with Crippen molar-refractivity contribution in [2.75, 3.05) is 7.11 Å². The number of carbonyl (C=O) groups is 1. The van der Waals surface area contributed by atoms with Gasteiger partial charge in [0.05, 0.1) is 7.11 Å². The first-order chi connectivity index (χ1) is 10.1. The smallest absolute Gasteiger partial charge is 0.343 e. The molecule has 0 fully saturated rings. The van der Waals surface area contributed by atoms with E-state index in [0.29, 0.717) is 17.1 Å². The topological polar surface area (TPSA) is 85.8 Å². The molecular formula is C14H11N3O4. The Labute approximate surface area is 118 Å². The van der Waals surface area contributed by atoms with Gasteiger partial charge in [-0.15, -0.1) is 0 Å². The van der Waals surface area contributed by atoms with Gasteiger partial charge in [-0.2, -0.15) is 4.52 Å². The summed E-state index contributed by atoms with van der Waals surface area (Å²) in [5.41, 5.74) is -0.0666. The molecule has 1 aromatic carbocycles. The number of hydrogen-bond donors (Lipinski definition) is 1. The summed E-state index contributed by atoms with van der Waals surface area (Å²) >= 11 is 0. The van der Waals surface area contributed by atoms with E-state index in [1.807, 2.05) is 0 Å². The second-order valence-corrected chi connectivity index (χ2v) is 4.28. The Morgan fingerprint density at radius 3 is 2.76 bits per heavy atom. The number of fused-ring (bicyclic) bond motifs is 1. The number of rotatable bonds is 3. The summed E-state index contributed by atoms with van der Waals surface area (Å²) in [5.74, 6) is -0.752. The second-order valence-electron chi connectivity index (χ2n) is 4.28. The van der Waals surface area contributed by atoms with Gasteiger partial charge in [-0.1, -0.05) is 12.1 Å². The third-order valence-electron chi connectivity index (χ3n) is 3.11. The van der Waals surface area contributed by atoms with E-state index in [1.54, 1.807) is 36.5 Å². The first-order valence-corrected chi connectivity index (χ1v) is 6.09. The molecular weight excluding hydrogens is 274 g/mol. The number of hydrogen-bond acceptors (Lipinski definition) is 4. The average molecular weight is 285 g/mol. The summed E-state index contributed by atoms with van der Waals surface area (Å²) in [6.07, 6.45) is 2.69. The van der Waals surface area contributed by atoms with E-state index in [9.17, 15) is 9.59 Å². The maximum absolute atomic E-state index is 12.3. The normalized spacial score (nSPS) is 10.7. The monoisotopic (exact) mass is 285 g/mol. The van der Waals surface area contributed by atoms with Crippen molar-refractivity contribution in [3.63, 3.8) is 0 Å². The van der Waals surface area contributed by atoms with Gasteiger partial charge in [0.2, 0.25) is 0 Å². The number of ether oxygens (including phenoxy) is 1. The Balaban J connectivity index is 2.37. The molecule has 0 saturated carbocycles. The zero-order valence-corrected chi connectivity index (χ0v) is 11.1. The molecule has 2 heterocycles. The van der Waals surface area contributed by atoms with Crippen molar-refractivity contribution in [3.05, 3.63) is 58.6 Å². The number of para-hydroxylation sites is 2. The second kappa shape index (κ2) is 4.78. The molecule has 1 N–H and O–H groups in total. The quantitative estimate of drug-likeness (QED) is 0.781. The molecule has 0 aliphatic carbocycles. The molecule has 7 nitrogen and oxygen atoms in total. The lowest BCUT2D eigenvalue weighted by Gasteiger charge is -2.11. The molecule has 0 unspecified atom stereocenters. The summed E-state index contributed by atoms with van der Waals surface area (Å²) in [4.78, 5) is 27.4. The zero-order valence-electron chi connectivity index (χ0n) is 11.1. The van der Waals surface area contributed by atoms with E-state index in [1.165, 1.54) is 16.3 Å². The third-order valence-corrected chi connectivity index (χ3v) is 3.11. The average Bonchev–Trinajstić information content (AvgIpc) is 2.92. The first-order valence-electron chi connectivity index (χ1n) is 6.09. The van der Waals surface area contributed by atoms with Gasteiger partial charge in [-0.05, 0) is 12.1 Å². The van der Waals surface area contributed by atoms with Crippen molar-refractivity contribution >= 4 is 11.6 Å². The molecule has 21 heavy (non-hydrogen) atoms. The van der Waals surface area contributed by atoms with Crippen LogP contribution in [0.4, 0.5) is 0 Å². The highest BCUT2D eigenvalue weighted by Crippen LogP contribution is 2.22. The van der Waals surface area contributed by atoms with Gasteiger partial charge < -0.3 is 9.84 Å². The fraction of sp³-hybridized carbons (Fsp3) is 0.0714. The number of benzene rings is 1. The molecule has 0 aliphatic rings. The minimum atomic E-state index is -1.31. The standard InChI is InChI=1S/C14H11N3O4/c1-21-11-5-3-2-4-10(11)16-7-6-12-15-8-9(14(19)20)13(18)17(12)16/h2-8H,1H3,(H,19,20). The number of carboxylic acid groups (broad SMARTS) is 1. The highest BCUT2D eigenvalue weighted by Gasteiger charge is 2.15. The van der Waals surface area contributed by atoms with E-state index in [2.05, 4.69) is 4.98 Å². The summed E-state index contributed by atoms with van der Waals surface area (Å²) in [5, 5.41) is 9.04. The van der Waals surface area contributed by atoms with E-state index in [4.69, 9.17) is 9.84 Å². The first kappa shape index (κ1) is 12.9. The number of carboxylic acids is 1. The highest BCUT2D eigenvalue weighted by molar-refractivity contribution is 5.86. The number of nitrogens with zero attached hydrogens (tertiary/aromatic N) is 3. The Morgan fingerprint density at radius 1 is 1.29 bits per heavy atom. The van der Waals surface area contributed by atoms with Gasteiger partial charge in [0.15, 0.2) is 5.65 Å². The lowest BCUT2D eigenvalue weighted by atomic mass is 10.3. The van der Waals surface area contributed by atoms with E-state index < -0.39 is 11.5 Å². The van der Waals surface area contributed by atoms with Crippen molar-refractivity contribution < 1.29 is 14.6 Å². The van der Waals surface area contributed by atoms with Crippen LogP contribution in [0.5, 0.6) is 5.75 Å². The van der Waals surface area contributed by atoms with E-state index in [-0.39, 0.29) is 5.56 Å². The SMILES string of the molecule is COc1ccccc1-n1ccc2ncc(C(=O)O)c(=O)n21. The zero-order chi connectivity index (χ0) is 15.0. The van der Waals surface area contributed by atoms with Crippen LogP contribution in [-0.2, 0) is 0 Å². The van der Waals surface area contributed by atoms with Crippen LogP contribution >= 0.6 is 0 Å². The van der Waals surface area contributed by atoms with E-state index in [0.717, 1.165) is 6.20 Å². The summed E-state index contributed by atoms with van der Waals surface area (Å²) < 4.78 is 7.97. The molecule has 0 bridgehead atoms. The Hall–Kier alpha value is -3.09. The van der Waals surface area contributed by atoms with Gasteiger partial charge in [0.25, 0.3) is 5.56 Å². The molecule has 0 radical (unpaired) electrons. The van der Waals surface area contributed by atoms with Crippen LogP contribution in [0.2, 0.25) is 0 Å². The minimum Gasteiger partial charge on any atom is -0.494 e. The van der Waals surface area contributed by atoms with Crippen molar-refractivity contribution in [2.45, 2.75) is 0 Å². The van der Waals surface area contributed by atoms with Crippen LogP contribution in [0, 0.1) is 0 Å². The lowest BCUT2D eigenvalue weighted by Crippen LogP contribution is -2.26. The van der Waals surface area contributed by atoms with Gasteiger partial charge in [0.1, 0.15) is 17.0 Å². The van der Waals surface area contributed by atoms with Crippen LogP contribution in [0.3, 0.4) is 0 Å². The number of methoxy groups -OCH3 is 1. The predicted molar refractivity (Wildman–Crippen MR) is 74.3 cm³/mol. The van der Waals surface area contributed by atoms with Crippen LogP contribution < -0.4 is 10.3 Å². The largest absolute Gasteiger partial charge is 0.494 e. The number of aromatic carboxylic acids is 1. The minimum absolute atomic E-state index is 0.357. The molecule has 3 rings (SSSR count). The molecule has 0 aliphatic heterocycles. The molecule has 3 aromatic rings.